The van der Waals surface area contributed by atoms with Gasteiger partial charge in [0.05, 0.1) is 29.1 Å². The minimum absolute atomic E-state index is 0.0640. The Bertz CT molecular complexity index is 481. The lowest BCUT2D eigenvalue weighted by Gasteiger charge is -2.19. The smallest absolute Gasteiger partial charge is 0.305 e. The molecule has 3 nitrogen and oxygen atoms in total. The Morgan fingerprint density at radius 3 is 2.11 bits per heavy atom. The molecule has 1 rings (SSSR count). The molecule has 0 bridgehead atoms. The maximum absolute atomic E-state index is 12.5. The van der Waals surface area contributed by atoms with Crippen LogP contribution in [0.2, 0.25) is 5.02 Å². The summed E-state index contributed by atoms with van der Waals surface area (Å²) in [7, 11) is -3.68. The lowest BCUT2D eigenvalue weighted by Crippen LogP contribution is -2.14. The molecule has 0 fully saturated rings. The first-order valence-corrected chi connectivity index (χ1v) is 7.43. The molecule has 0 spiro atoms. The Labute approximate surface area is 114 Å². The first-order valence-electron chi connectivity index (χ1n) is 5.51. The van der Waals surface area contributed by atoms with Crippen molar-refractivity contribution in [1.29, 1.82) is 0 Å². The molecule has 0 radical (unpaired) electrons. The third kappa shape index (κ3) is 3.96. The SMILES string of the molecule is CCOP(=O)(OCC)c1ccc(C(F)(F)F)cc1Cl. The number of hydrogen-bond acceptors (Lipinski definition) is 3. The van der Waals surface area contributed by atoms with E-state index in [-0.39, 0.29) is 23.5 Å². The van der Waals surface area contributed by atoms with Crippen molar-refractivity contribution in [2.75, 3.05) is 13.2 Å². The van der Waals surface area contributed by atoms with Crippen LogP contribution in [0.3, 0.4) is 0 Å². The van der Waals surface area contributed by atoms with Gasteiger partial charge >= 0.3 is 13.8 Å². The molecule has 0 aliphatic rings. The van der Waals surface area contributed by atoms with Gasteiger partial charge in [0.2, 0.25) is 0 Å². The lowest BCUT2D eigenvalue weighted by molar-refractivity contribution is -0.137. The van der Waals surface area contributed by atoms with E-state index in [1.165, 1.54) is 0 Å². The van der Waals surface area contributed by atoms with Gasteiger partial charge in [0.1, 0.15) is 0 Å². The largest absolute Gasteiger partial charge is 0.416 e. The van der Waals surface area contributed by atoms with Gasteiger partial charge in [-0.2, -0.15) is 13.2 Å². The Morgan fingerprint density at radius 1 is 1.21 bits per heavy atom. The van der Waals surface area contributed by atoms with Gasteiger partial charge in [-0.05, 0) is 32.0 Å². The second-order valence-electron chi connectivity index (χ2n) is 3.50. The van der Waals surface area contributed by atoms with Gasteiger partial charge in [0, 0.05) is 0 Å². The van der Waals surface area contributed by atoms with Gasteiger partial charge in [-0.15, -0.1) is 0 Å². The molecule has 0 heterocycles. The van der Waals surface area contributed by atoms with Crippen molar-refractivity contribution in [2.45, 2.75) is 20.0 Å². The molecule has 0 aliphatic carbocycles. The van der Waals surface area contributed by atoms with E-state index in [9.17, 15) is 17.7 Å². The quantitative estimate of drug-likeness (QED) is 0.762. The van der Waals surface area contributed by atoms with E-state index in [4.69, 9.17) is 20.6 Å². The molecule has 108 valence electrons. The highest BCUT2D eigenvalue weighted by Crippen LogP contribution is 2.49. The number of benzene rings is 1. The Hall–Kier alpha value is -0.550. The summed E-state index contributed by atoms with van der Waals surface area (Å²) in [6.07, 6.45) is -4.51. The molecule has 0 aliphatic heterocycles. The van der Waals surface area contributed by atoms with Crippen molar-refractivity contribution in [1.82, 2.24) is 0 Å². The summed E-state index contributed by atoms with van der Waals surface area (Å²) in [5.74, 6) is 0. The van der Waals surface area contributed by atoms with E-state index in [2.05, 4.69) is 0 Å². The zero-order chi connectivity index (χ0) is 14.7. The summed E-state index contributed by atoms with van der Waals surface area (Å²) in [6, 6.07) is 2.53. The number of rotatable bonds is 5. The van der Waals surface area contributed by atoms with Crippen LogP contribution in [0.5, 0.6) is 0 Å². The predicted molar refractivity (Wildman–Crippen MR) is 66.9 cm³/mol. The fraction of sp³-hybridized carbons (Fsp3) is 0.455. The molecule has 1 aromatic rings. The summed E-state index contributed by atoms with van der Waals surface area (Å²) >= 11 is 5.76. The normalized spacial score (nSPS) is 12.7. The lowest BCUT2D eigenvalue weighted by atomic mass is 10.2. The average Bonchev–Trinajstić information content (AvgIpc) is 2.28. The standard InChI is InChI=1S/C11H13ClF3O3P/c1-3-17-19(16,18-4-2)10-6-5-8(7-9(10)12)11(13,14)15/h5-7H,3-4H2,1-2H3. The fourth-order valence-electron chi connectivity index (χ4n) is 1.42. The van der Waals surface area contributed by atoms with Crippen LogP contribution in [0, 0.1) is 0 Å². The van der Waals surface area contributed by atoms with Crippen molar-refractivity contribution in [3.05, 3.63) is 28.8 Å². The highest BCUT2D eigenvalue weighted by Gasteiger charge is 2.34. The van der Waals surface area contributed by atoms with Crippen molar-refractivity contribution in [2.24, 2.45) is 0 Å². The molecule has 0 saturated heterocycles. The molecule has 0 amide bonds. The summed E-state index contributed by atoms with van der Waals surface area (Å²) in [6.45, 7) is 3.39. The van der Waals surface area contributed by atoms with Crippen LogP contribution < -0.4 is 5.30 Å². The first-order chi connectivity index (χ1) is 8.74. The fourth-order valence-corrected chi connectivity index (χ4v) is 3.53. The molecule has 0 saturated carbocycles. The highest BCUT2D eigenvalue weighted by atomic mass is 35.5. The van der Waals surface area contributed by atoms with Gasteiger partial charge in [-0.1, -0.05) is 11.6 Å². The van der Waals surface area contributed by atoms with E-state index in [1.807, 2.05) is 0 Å². The van der Waals surface area contributed by atoms with Crippen LogP contribution in [0.1, 0.15) is 19.4 Å². The molecule has 19 heavy (non-hydrogen) atoms. The van der Waals surface area contributed by atoms with Gasteiger partial charge in [-0.3, -0.25) is 4.57 Å². The van der Waals surface area contributed by atoms with Crippen molar-refractivity contribution >= 4 is 24.5 Å². The third-order valence-electron chi connectivity index (χ3n) is 2.17. The number of halogens is 4. The molecular formula is C11H13ClF3O3P. The van der Waals surface area contributed by atoms with E-state index in [0.717, 1.165) is 12.1 Å². The Morgan fingerprint density at radius 2 is 1.74 bits per heavy atom. The molecule has 8 heteroatoms. The molecule has 0 atom stereocenters. The maximum Gasteiger partial charge on any atom is 0.416 e. The van der Waals surface area contributed by atoms with Gasteiger partial charge in [-0.25, -0.2) is 0 Å². The van der Waals surface area contributed by atoms with Crippen LogP contribution in [-0.2, 0) is 19.8 Å². The second kappa shape index (κ2) is 6.27. The summed E-state index contributed by atoms with van der Waals surface area (Å²) in [4.78, 5) is 0. The molecule has 0 unspecified atom stereocenters. The van der Waals surface area contributed by atoms with E-state index in [0.29, 0.717) is 6.07 Å². The molecule has 0 N–H and O–H groups in total. The van der Waals surface area contributed by atoms with Crippen LogP contribution in [0.15, 0.2) is 18.2 Å². The highest BCUT2D eigenvalue weighted by molar-refractivity contribution is 7.62. The van der Waals surface area contributed by atoms with Crippen molar-refractivity contribution in [3.8, 4) is 0 Å². The molecular weight excluding hydrogens is 304 g/mol. The zero-order valence-corrected chi connectivity index (χ0v) is 12.0. The van der Waals surface area contributed by atoms with Gasteiger partial charge in [0.25, 0.3) is 0 Å². The van der Waals surface area contributed by atoms with Crippen LogP contribution in [0.4, 0.5) is 13.2 Å². The van der Waals surface area contributed by atoms with E-state index in [1.54, 1.807) is 13.8 Å². The van der Waals surface area contributed by atoms with Crippen molar-refractivity contribution in [3.63, 3.8) is 0 Å². The van der Waals surface area contributed by atoms with Crippen molar-refractivity contribution < 1.29 is 26.8 Å². The van der Waals surface area contributed by atoms with Crippen LogP contribution in [0.25, 0.3) is 0 Å². The summed E-state index contributed by atoms with van der Waals surface area (Å²) in [5, 5.41) is -0.356. The second-order valence-corrected chi connectivity index (χ2v) is 5.90. The topological polar surface area (TPSA) is 35.5 Å². The third-order valence-corrected chi connectivity index (χ3v) is 4.79. The number of alkyl halides is 3. The van der Waals surface area contributed by atoms with E-state index < -0.39 is 19.3 Å². The zero-order valence-electron chi connectivity index (χ0n) is 10.3. The Kier molecular flexibility index (Phi) is 5.44. The number of hydrogen-bond donors (Lipinski definition) is 0. The summed E-state index contributed by atoms with van der Waals surface area (Å²) < 4.78 is 60.0. The van der Waals surface area contributed by atoms with Crippen LogP contribution in [-0.4, -0.2) is 13.2 Å². The summed E-state index contributed by atoms with van der Waals surface area (Å²) in [5.41, 5.74) is -0.916. The average molecular weight is 317 g/mol. The first kappa shape index (κ1) is 16.5. The van der Waals surface area contributed by atoms with Gasteiger partial charge in [0.15, 0.2) is 0 Å². The minimum atomic E-state index is -4.51. The van der Waals surface area contributed by atoms with E-state index >= 15 is 0 Å². The Balaban J connectivity index is 3.24. The molecule has 0 aromatic heterocycles. The monoisotopic (exact) mass is 316 g/mol. The van der Waals surface area contributed by atoms with Gasteiger partial charge < -0.3 is 9.05 Å². The van der Waals surface area contributed by atoms with Crippen LogP contribution >= 0.6 is 19.2 Å². The molecule has 1 aromatic carbocycles. The predicted octanol–water partition coefficient (Wildman–Crippen LogP) is 4.25. The minimum Gasteiger partial charge on any atom is -0.305 e. The maximum atomic E-state index is 12.5.